The Hall–Kier alpha value is -8.14. The SMILES string of the molecule is [2H]c1c([2H])c([2H])c(-c2c([2H])c([2H])c(N(c3ccc(-c4cccc(-n5c6ccccc6c6ccccc65)c4)cc3)c3c([2H])c([2H])c(-c4c([2H])c([2H])c([2H])c5c4oc4c6c([2H])c([2H])c([2H])c([2H])c6c([2H])c([2H])c45)c([2H])c3[2H])c([2H])c2[2H])c([2H])c1[2H]. The number of benzene rings is 10. The monoisotopic (exact) mass is 800 g/mol. The number of fused-ring (bicyclic) bond motifs is 8. The Bertz CT molecular complexity index is 4760. The van der Waals surface area contributed by atoms with Gasteiger partial charge in [-0.3, -0.25) is 0 Å². The summed E-state index contributed by atoms with van der Waals surface area (Å²) in [6.45, 7) is 0. The highest BCUT2D eigenvalue weighted by atomic mass is 16.3. The molecular formula is C58H38N2O. The van der Waals surface area contributed by atoms with Crippen molar-refractivity contribution in [2.75, 3.05) is 4.90 Å². The van der Waals surface area contributed by atoms with E-state index >= 15 is 0 Å². The van der Waals surface area contributed by atoms with Gasteiger partial charge in [-0.05, 0) is 99.8 Å². The highest BCUT2D eigenvalue weighted by Gasteiger charge is 2.18. The van der Waals surface area contributed by atoms with Crippen molar-refractivity contribution in [3.63, 3.8) is 0 Å². The molecule has 12 rings (SSSR count). The second-order valence-electron chi connectivity index (χ2n) is 14.0. The molecule has 0 saturated carbocycles. The normalized spacial score (nSPS) is 16.7. The molecule has 0 bridgehead atoms. The van der Waals surface area contributed by atoms with Crippen LogP contribution in [0.3, 0.4) is 0 Å². The van der Waals surface area contributed by atoms with Crippen LogP contribution in [0.15, 0.2) is 234 Å². The summed E-state index contributed by atoms with van der Waals surface area (Å²) in [5.41, 5.74) is -0.765. The molecule has 10 aromatic carbocycles. The first kappa shape index (κ1) is 19.3. The van der Waals surface area contributed by atoms with E-state index in [-0.39, 0.29) is 16.5 Å². The molecule has 0 radical (unpaired) electrons. The zero-order chi connectivity index (χ0) is 59.4. The van der Waals surface area contributed by atoms with Crippen LogP contribution in [-0.4, -0.2) is 4.57 Å². The summed E-state index contributed by atoms with van der Waals surface area (Å²) in [6, 6.07) is 12.3. The maximum atomic E-state index is 9.76. The zero-order valence-corrected chi connectivity index (χ0v) is 31.5. The first-order valence-corrected chi connectivity index (χ1v) is 19.0. The average molecular weight is 801 g/mol. The van der Waals surface area contributed by atoms with Crippen molar-refractivity contribution in [3.05, 3.63) is 230 Å². The lowest BCUT2D eigenvalue weighted by atomic mass is 10.0. The van der Waals surface area contributed by atoms with Gasteiger partial charge in [0, 0.05) is 55.2 Å². The Labute approximate surface area is 384 Å². The van der Waals surface area contributed by atoms with Gasteiger partial charge in [-0.25, -0.2) is 0 Å². The minimum Gasteiger partial charge on any atom is -0.455 e. The van der Waals surface area contributed by atoms with Gasteiger partial charge in [-0.2, -0.15) is 0 Å². The third kappa shape index (κ3) is 5.90. The van der Waals surface area contributed by atoms with Gasteiger partial charge < -0.3 is 13.9 Å². The molecule has 12 aromatic rings. The van der Waals surface area contributed by atoms with E-state index < -0.39 is 189 Å². The number of para-hydroxylation sites is 3. The van der Waals surface area contributed by atoms with E-state index in [9.17, 15) is 12.3 Å². The van der Waals surface area contributed by atoms with Crippen LogP contribution in [0.25, 0.3) is 93.6 Å². The molecule has 61 heavy (non-hydrogen) atoms. The number of rotatable bonds is 7. The van der Waals surface area contributed by atoms with Gasteiger partial charge in [-0.1, -0.05) is 163 Å². The molecule has 0 aliphatic heterocycles. The Kier molecular flexibility index (Phi) is 4.52. The second-order valence-corrected chi connectivity index (χ2v) is 14.0. The summed E-state index contributed by atoms with van der Waals surface area (Å²) >= 11 is 0. The number of hydrogen-bond donors (Lipinski definition) is 0. The van der Waals surface area contributed by atoms with Crippen molar-refractivity contribution in [2.45, 2.75) is 0 Å². The number of nitrogens with zero attached hydrogens (tertiary/aromatic N) is 2. The van der Waals surface area contributed by atoms with E-state index in [1.165, 1.54) is 12.1 Å². The molecule has 0 amide bonds. The molecule has 0 N–H and O–H groups in total. The van der Waals surface area contributed by atoms with Crippen molar-refractivity contribution in [2.24, 2.45) is 0 Å². The Balaban J connectivity index is 1.10. The highest BCUT2D eigenvalue weighted by molar-refractivity contribution is 6.17. The van der Waals surface area contributed by atoms with Gasteiger partial charge in [0.25, 0.3) is 0 Å². The first-order chi connectivity index (χ1) is 39.4. The lowest BCUT2D eigenvalue weighted by Crippen LogP contribution is -2.09. The molecule has 286 valence electrons. The third-order valence-corrected chi connectivity index (χ3v) is 10.6. The van der Waals surface area contributed by atoms with Gasteiger partial charge in [0.2, 0.25) is 0 Å². The summed E-state index contributed by atoms with van der Waals surface area (Å²) in [6.07, 6.45) is 0. The van der Waals surface area contributed by atoms with E-state index in [1.807, 2.05) is 72.8 Å². The van der Waals surface area contributed by atoms with Crippen LogP contribution in [0.4, 0.5) is 17.1 Å². The Morgan fingerprint density at radius 1 is 0.377 bits per heavy atom. The first-order valence-electron chi connectivity index (χ1n) is 30.0. The molecule has 0 spiro atoms. The predicted molar refractivity (Wildman–Crippen MR) is 257 cm³/mol. The number of anilines is 3. The fourth-order valence-electron chi connectivity index (χ4n) is 7.77. The molecule has 0 aliphatic rings. The lowest BCUT2D eigenvalue weighted by molar-refractivity contribution is 0.674. The zero-order valence-electron chi connectivity index (χ0n) is 53.5. The van der Waals surface area contributed by atoms with Crippen molar-refractivity contribution in [3.8, 4) is 39.1 Å². The van der Waals surface area contributed by atoms with Gasteiger partial charge in [-0.15, -0.1) is 0 Å². The molecule has 2 heterocycles. The van der Waals surface area contributed by atoms with Crippen LogP contribution in [0.2, 0.25) is 0 Å². The highest BCUT2D eigenvalue weighted by Crippen LogP contribution is 2.42. The number of furan rings is 1. The van der Waals surface area contributed by atoms with Gasteiger partial charge in [0.05, 0.1) is 41.2 Å². The number of hydrogen-bond acceptors (Lipinski definition) is 2. The van der Waals surface area contributed by atoms with Crippen LogP contribution in [0.5, 0.6) is 0 Å². The summed E-state index contributed by atoms with van der Waals surface area (Å²) < 4.78 is 206. The summed E-state index contributed by atoms with van der Waals surface area (Å²) in [7, 11) is 0. The Morgan fingerprint density at radius 3 is 1.74 bits per heavy atom. The van der Waals surface area contributed by atoms with E-state index in [0.717, 1.165) is 38.0 Å². The maximum absolute atomic E-state index is 9.76. The summed E-state index contributed by atoms with van der Waals surface area (Å²) in [5, 5.41) is 0.587. The smallest absolute Gasteiger partial charge is 0.143 e. The summed E-state index contributed by atoms with van der Waals surface area (Å²) in [4.78, 5) is 0.970. The minimum atomic E-state index is -0.915. The van der Waals surface area contributed by atoms with Gasteiger partial charge >= 0.3 is 0 Å². The van der Waals surface area contributed by atoms with Crippen LogP contribution in [0.1, 0.15) is 30.2 Å². The van der Waals surface area contributed by atoms with E-state index in [2.05, 4.69) is 4.57 Å². The fraction of sp³-hybridized carbons (Fsp3) is 0. The molecule has 3 heteroatoms. The largest absolute Gasteiger partial charge is 0.455 e. The second kappa shape index (κ2) is 14.3. The molecule has 0 aliphatic carbocycles. The molecule has 0 fully saturated rings. The third-order valence-electron chi connectivity index (χ3n) is 10.6. The topological polar surface area (TPSA) is 21.3 Å². The molecule has 0 unspecified atom stereocenters. The molecular weight excluding hydrogens is 741 g/mol. The molecule has 3 nitrogen and oxygen atoms in total. The van der Waals surface area contributed by atoms with Crippen LogP contribution in [0, 0.1) is 0 Å². The molecule has 0 atom stereocenters. The standard InChI is InChI=1S/C58H38N2O/c1-2-12-39(13-3-1)40-24-31-45(32-25-40)59(47-35-28-43(29-36-47)50-20-11-21-53-54-37-30-42-14-4-5-17-49(42)58(54)61-57(50)53)46-33-26-41(27-34-46)44-15-10-16-48(38-44)60-55-22-8-6-18-51(55)52-19-7-9-23-56(52)60/h1-38H/i1D,2D,3D,4D,5D,11D,12D,13D,14D,17D,20D,21D,24D,25D,28D,29D,30D,31D,32D,35D,36D,37D. The fourth-order valence-corrected chi connectivity index (χ4v) is 7.77. The predicted octanol–water partition coefficient (Wildman–Crippen LogP) is 16.3. The van der Waals surface area contributed by atoms with Crippen LogP contribution < -0.4 is 4.90 Å². The van der Waals surface area contributed by atoms with E-state index in [1.54, 1.807) is 12.1 Å². The molecule has 0 saturated heterocycles. The minimum absolute atomic E-state index is 0.0318. The van der Waals surface area contributed by atoms with Crippen molar-refractivity contribution in [1.82, 2.24) is 4.57 Å². The molecule has 2 aromatic heterocycles. The van der Waals surface area contributed by atoms with Gasteiger partial charge in [0.1, 0.15) is 11.2 Å². The summed E-state index contributed by atoms with van der Waals surface area (Å²) in [5.74, 6) is 0. The van der Waals surface area contributed by atoms with Gasteiger partial charge in [0.15, 0.2) is 0 Å². The van der Waals surface area contributed by atoms with Crippen molar-refractivity contribution < 1.29 is 34.6 Å². The van der Waals surface area contributed by atoms with Crippen molar-refractivity contribution >= 4 is 71.6 Å². The lowest BCUT2D eigenvalue weighted by Gasteiger charge is -2.26. The maximum Gasteiger partial charge on any atom is 0.143 e. The average Bonchev–Trinajstić information content (AvgIpc) is 2.07. The Morgan fingerprint density at radius 2 is 1.00 bits per heavy atom. The quantitative estimate of drug-likeness (QED) is 0.160. The van der Waals surface area contributed by atoms with E-state index in [4.69, 9.17) is 22.2 Å². The van der Waals surface area contributed by atoms with Crippen LogP contribution in [-0.2, 0) is 0 Å². The van der Waals surface area contributed by atoms with Crippen molar-refractivity contribution in [1.29, 1.82) is 0 Å². The van der Waals surface area contributed by atoms with Crippen LogP contribution >= 0.6 is 0 Å². The van der Waals surface area contributed by atoms with E-state index in [0.29, 0.717) is 5.56 Å². The number of aromatic nitrogens is 1.